The fraction of sp³-hybridized carbons (Fsp3) is 0.286. The van der Waals surface area contributed by atoms with E-state index in [0.717, 1.165) is 17.2 Å². The molecule has 1 N–H and O–H groups in total. The quantitative estimate of drug-likeness (QED) is 0.764. The first-order valence-electron chi connectivity index (χ1n) is 5.51. The van der Waals surface area contributed by atoms with Gasteiger partial charge in [0.25, 0.3) is 0 Å². The third-order valence-corrected chi connectivity index (χ3v) is 2.78. The number of carbonyl (C=O) groups excluding carboxylic acids is 1. The first kappa shape index (κ1) is 11.6. The lowest BCUT2D eigenvalue weighted by atomic mass is 9.82. The SMILES string of the molecule is CC(C)(C)c1c(C=O)cnc2c(O)cccc12. The molecule has 0 unspecified atom stereocenters. The van der Waals surface area contributed by atoms with Crippen molar-refractivity contribution >= 4 is 17.2 Å². The van der Waals surface area contributed by atoms with Crippen LogP contribution in [0.25, 0.3) is 10.9 Å². The standard InChI is InChI=1S/C14H15NO2/c1-14(2,3)12-9(8-16)7-15-13-10(12)5-4-6-11(13)17/h4-8,17H,1-3H3. The maximum atomic E-state index is 11.1. The molecular formula is C14H15NO2. The van der Waals surface area contributed by atoms with Crippen molar-refractivity contribution in [3.05, 3.63) is 35.5 Å². The molecule has 0 fully saturated rings. The molecule has 0 aliphatic rings. The number of pyridine rings is 1. The number of phenols is 1. The van der Waals surface area contributed by atoms with Crippen LogP contribution < -0.4 is 0 Å². The third kappa shape index (κ3) is 1.88. The lowest BCUT2D eigenvalue weighted by molar-refractivity contribution is 0.112. The first-order chi connectivity index (χ1) is 7.95. The number of benzene rings is 1. The van der Waals surface area contributed by atoms with Crippen molar-refractivity contribution in [3.63, 3.8) is 0 Å². The van der Waals surface area contributed by atoms with E-state index in [1.165, 1.54) is 6.20 Å². The van der Waals surface area contributed by atoms with E-state index in [9.17, 15) is 9.90 Å². The summed E-state index contributed by atoms with van der Waals surface area (Å²) in [4.78, 5) is 15.2. The minimum Gasteiger partial charge on any atom is -0.506 e. The number of para-hydroxylation sites is 1. The number of aromatic hydroxyl groups is 1. The number of carbonyl (C=O) groups is 1. The zero-order valence-electron chi connectivity index (χ0n) is 10.2. The Balaban J connectivity index is 2.94. The number of aldehydes is 1. The Morgan fingerprint density at radius 2 is 2.00 bits per heavy atom. The van der Waals surface area contributed by atoms with Gasteiger partial charge in [-0.3, -0.25) is 9.78 Å². The van der Waals surface area contributed by atoms with Crippen LogP contribution in [0.3, 0.4) is 0 Å². The van der Waals surface area contributed by atoms with E-state index >= 15 is 0 Å². The highest BCUT2D eigenvalue weighted by Crippen LogP contribution is 2.34. The van der Waals surface area contributed by atoms with Crippen LogP contribution in [0.1, 0.15) is 36.7 Å². The molecule has 0 aliphatic carbocycles. The van der Waals surface area contributed by atoms with Gasteiger partial charge in [-0.1, -0.05) is 32.9 Å². The molecule has 3 heteroatoms. The molecule has 1 aromatic carbocycles. The smallest absolute Gasteiger partial charge is 0.151 e. The molecule has 2 rings (SSSR count). The van der Waals surface area contributed by atoms with Crippen LogP contribution in [0.15, 0.2) is 24.4 Å². The van der Waals surface area contributed by atoms with Gasteiger partial charge in [-0.05, 0) is 17.0 Å². The zero-order valence-corrected chi connectivity index (χ0v) is 10.2. The maximum absolute atomic E-state index is 11.1. The summed E-state index contributed by atoms with van der Waals surface area (Å²) >= 11 is 0. The van der Waals surface area contributed by atoms with Gasteiger partial charge in [-0.25, -0.2) is 0 Å². The Labute approximate surface area is 100 Å². The molecule has 0 radical (unpaired) electrons. The number of phenolic OH excluding ortho intramolecular Hbond substituents is 1. The molecule has 1 heterocycles. The Morgan fingerprint density at radius 1 is 1.29 bits per heavy atom. The van der Waals surface area contributed by atoms with Crippen molar-refractivity contribution in [3.8, 4) is 5.75 Å². The average molecular weight is 229 g/mol. The highest BCUT2D eigenvalue weighted by Gasteiger charge is 2.22. The highest BCUT2D eigenvalue weighted by atomic mass is 16.3. The van der Waals surface area contributed by atoms with E-state index < -0.39 is 0 Å². The second kappa shape index (κ2) is 3.84. The molecule has 0 bridgehead atoms. The molecule has 0 saturated heterocycles. The average Bonchev–Trinajstić information content (AvgIpc) is 2.26. The second-order valence-electron chi connectivity index (χ2n) is 5.13. The summed E-state index contributed by atoms with van der Waals surface area (Å²) in [7, 11) is 0. The van der Waals surface area contributed by atoms with Gasteiger partial charge in [0, 0.05) is 17.1 Å². The van der Waals surface area contributed by atoms with E-state index in [4.69, 9.17) is 0 Å². The summed E-state index contributed by atoms with van der Waals surface area (Å²) in [6.45, 7) is 6.12. The summed E-state index contributed by atoms with van der Waals surface area (Å²) in [6.07, 6.45) is 2.34. The summed E-state index contributed by atoms with van der Waals surface area (Å²) < 4.78 is 0. The van der Waals surface area contributed by atoms with Gasteiger partial charge in [0.1, 0.15) is 11.3 Å². The largest absolute Gasteiger partial charge is 0.506 e. The minimum absolute atomic E-state index is 0.144. The molecule has 0 spiro atoms. The Bertz CT molecular complexity index is 583. The van der Waals surface area contributed by atoms with Gasteiger partial charge < -0.3 is 5.11 Å². The topological polar surface area (TPSA) is 50.2 Å². The number of hydrogen-bond donors (Lipinski definition) is 1. The van der Waals surface area contributed by atoms with Crippen molar-refractivity contribution in [1.29, 1.82) is 0 Å². The Kier molecular flexibility index (Phi) is 2.62. The minimum atomic E-state index is -0.175. The summed E-state index contributed by atoms with van der Waals surface area (Å²) in [5.41, 5.74) is 1.87. The van der Waals surface area contributed by atoms with Gasteiger partial charge in [-0.2, -0.15) is 0 Å². The molecule has 17 heavy (non-hydrogen) atoms. The first-order valence-corrected chi connectivity index (χ1v) is 5.51. The van der Waals surface area contributed by atoms with Crippen LogP contribution in [-0.2, 0) is 5.41 Å². The van der Waals surface area contributed by atoms with Crippen molar-refractivity contribution in [2.45, 2.75) is 26.2 Å². The van der Waals surface area contributed by atoms with E-state index in [1.807, 2.05) is 26.8 Å². The van der Waals surface area contributed by atoms with Crippen molar-refractivity contribution in [2.24, 2.45) is 0 Å². The van der Waals surface area contributed by atoms with E-state index in [-0.39, 0.29) is 11.2 Å². The van der Waals surface area contributed by atoms with Crippen LogP contribution in [0.5, 0.6) is 5.75 Å². The molecule has 0 saturated carbocycles. The highest BCUT2D eigenvalue weighted by molar-refractivity contribution is 5.93. The summed E-state index contributed by atoms with van der Waals surface area (Å²) in [5.74, 6) is 0.144. The van der Waals surface area contributed by atoms with Gasteiger partial charge in [0.2, 0.25) is 0 Å². The monoisotopic (exact) mass is 229 g/mol. The number of hydrogen-bond acceptors (Lipinski definition) is 3. The van der Waals surface area contributed by atoms with Gasteiger partial charge in [0.15, 0.2) is 6.29 Å². The van der Waals surface area contributed by atoms with Crippen molar-refractivity contribution in [1.82, 2.24) is 4.98 Å². The summed E-state index contributed by atoms with van der Waals surface area (Å²) in [6, 6.07) is 5.25. The lowest BCUT2D eigenvalue weighted by Crippen LogP contribution is -2.15. The van der Waals surface area contributed by atoms with Crippen LogP contribution >= 0.6 is 0 Å². The van der Waals surface area contributed by atoms with Crippen LogP contribution in [0, 0.1) is 0 Å². The Morgan fingerprint density at radius 3 is 2.59 bits per heavy atom. The molecule has 0 aliphatic heterocycles. The normalized spacial score (nSPS) is 11.7. The molecule has 2 aromatic rings. The predicted molar refractivity (Wildman–Crippen MR) is 67.5 cm³/mol. The van der Waals surface area contributed by atoms with Gasteiger partial charge in [-0.15, -0.1) is 0 Å². The molecule has 88 valence electrons. The zero-order chi connectivity index (χ0) is 12.6. The molecule has 0 atom stereocenters. The second-order valence-corrected chi connectivity index (χ2v) is 5.13. The van der Waals surface area contributed by atoms with E-state index in [2.05, 4.69) is 4.98 Å². The number of fused-ring (bicyclic) bond motifs is 1. The fourth-order valence-electron chi connectivity index (χ4n) is 2.15. The van der Waals surface area contributed by atoms with Crippen LogP contribution in [-0.4, -0.2) is 16.4 Å². The fourth-order valence-corrected chi connectivity index (χ4v) is 2.15. The molecule has 1 aromatic heterocycles. The van der Waals surface area contributed by atoms with Crippen molar-refractivity contribution in [2.75, 3.05) is 0 Å². The lowest BCUT2D eigenvalue weighted by Gasteiger charge is -2.23. The molecular weight excluding hydrogens is 214 g/mol. The van der Waals surface area contributed by atoms with E-state index in [1.54, 1.807) is 12.1 Å². The Hall–Kier alpha value is -1.90. The number of aromatic nitrogens is 1. The number of nitrogens with zero attached hydrogens (tertiary/aromatic N) is 1. The van der Waals surface area contributed by atoms with Gasteiger partial charge in [0.05, 0.1) is 0 Å². The molecule has 0 amide bonds. The number of rotatable bonds is 1. The predicted octanol–water partition coefficient (Wildman–Crippen LogP) is 3.05. The molecule has 3 nitrogen and oxygen atoms in total. The third-order valence-electron chi connectivity index (χ3n) is 2.78. The maximum Gasteiger partial charge on any atom is 0.151 e. The van der Waals surface area contributed by atoms with Crippen LogP contribution in [0.4, 0.5) is 0 Å². The van der Waals surface area contributed by atoms with Crippen molar-refractivity contribution < 1.29 is 9.90 Å². The van der Waals surface area contributed by atoms with Gasteiger partial charge >= 0.3 is 0 Å². The van der Waals surface area contributed by atoms with Crippen LogP contribution in [0.2, 0.25) is 0 Å². The summed E-state index contributed by atoms with van der Waals surface area (Å²) in [5, 5.41) is 10.6. The van der Waals surface area contributed by atoms with E-state index in [0.29, 0.717) is 11.1 Å².